The largest absolute Gasteiger partial charge is 0.508 e. The number of anilines is 1. The molecule has 0 spiro atoms. The number of phenolic OH excluding ortho intramolecular Hbond substituents is 1. The smallest absolute Gasteiger partial charge is 0.246 e. The van der Waals surface area contributed by atoms with Gasteiger partial charge in [0.05, 0.1) is 11.6 Å². The summed E-state index contributed by atoms with van der Waals surface area (Å²) in [7, 11) is 0. The molecule has 0 saturated carbocycles. The quantitative estimate of drug-likeness (QED) is 0.844. The zero-order chi connectivity index (χ0) is 18.7. The first-order valence-corrected chi connectivity index (χ1v) is 8.60. The van der Waals surface area contributed by atoms with E-state index in [4.69, 9.17) is 11.6 Å². The molecule has 0 unspecified atom stereocenters. The van der Waals surface area contributed by atoms with Crippen molar-refractivity contribution in [2.45, 2.75) is 0 Å². The molecular formula is C20H18ClN3O2. The third-order valence-electron chi connectivity index (χ3n) is 4.49. The van der Waals surface area contributed by atoms with Crippen LogP contribution in [0.2, 0.25) is 5.02 Å². The number of piperazine rings is 1. The molecular weight excluding hydrogens is 350 g/mol. The normalized spacial score (nSPS) is 14.0. The third kappa shape index (κ3) is 3.51. The van der Waals surface area contributed by atoms with Crippen LogP contribution in [0.3, 0.4) is 0 Å². The van der Waals surface area contributed by atoms with Gasteiger partial charge in [-0.2, -0.15) is 5.26 Å². The molecule has 2 aromatic rings. The maximum atomic E-state index is 11.7. The number of nitrogens with zero attached hydrogens (tertiary/aromatic N) is 3. The van der Waals surface area contributed by atoms with Gasteiger partial charge in [0.1, 0.15) is 5.75 Å². The van der Waals surface area contributed by atoms with E-state index in [9.17, 15) is 15.2 Å². The van der Waals surface area contributed by atoms with Gasteiger partial charge in [0.2, 0.25) is 5.91 Å². The molecule has 3 rings (SSSR count). The molecule has 1 heterocycles. The molecule has 6 heteroatoms. The van der Waals surface area contributed by atoms with Gasteiger partial charge < -0.3 is 14.9 Å². The first-order chi connectivity index (χ1) is 12.5. The average molecular weight is 368 g/mol. The highest BCUT2D eigenvalue weighted by Gasteiger charge is 2.20. The molecule has 0 aromatic heterocycles. The molecule has 1 aliphatic rings. The van der Waals surface area contributed by atoms with E-state index >= 15 is 0 Å². The number of aromatic hydroxyl groups is 1. The highest BCUT2D eigenvalue weighted by Crippen LogP contribution is 2.35. The van der Waals surface area contributed by atoms with Gasteiger partial charge in [-0.05, 0) is 36.4 Å². The van der Waals surface area contributed by atoms with Crippen molar-refractivity contribution in [1.82, 2.24) is 4.90 Å². The fourth-order valence-corrected chi connectivity index (χ4v) is 3.31. The lowest BCUT2D eigenvalue weighted by Crippen LogP contribution is -2.48. The Hall–Kier alpha value is -2.97. The van der Waals surface area contributed by atoms with Crippen molar-refractivity contribution in [2.24, 2.45) is 0 Å². The third-order valence-corrected chi connectivity index (χ3v) is 4.82. The maximum absolute atomic E-state index is 11.7. The predicted molar refractivity (Wildman–Crippen MR) is 102 cm³/mol. The Kier molecular flexibility index (Phi) is 5.15. The fourth-order valence-electron chi connectivity index (χ4n) is 3.09. The molecule has 132 valence electrons. The Labute approximate surface area is 157 Å². The lowest BCUT2D eigenvalue weighted by atomic mass is 9.99. The number of nitriles is 1. The Morgan fingerprint density at radius 2 is 1.88 bits per heavy atom. The molecule has 0 atom stereocenters. The van der Waals surface area contributed by atoms with Crippen molar-refractivity contribution in [3.63, 3.8) is 0 Å². The topological polar surface area (TPSA) is 67.6 Å². The Balaban J connectivity index is 1.86. The number of rotatable bonds is 3. The van der Waals surface area contributed by atoms with E-state index in [1.165, 1.54) is 12.1 Å². The number of hydrogen-bond donors (Lipinski definition) is 1. The number of hydrogen-bond acceptors (Lipinski definition) is 4. The first kappa shape index (κ1) is 17.8. The highest BCUT2D eigenvalue weighted by atomic mass is 35.5. The summed E-state index contributed by atoms with van der Waals surface area (Å²) in [5, 5.41) is 19.8. The van der Waals surface area contributed by atoms with Crippen LogP contribution in [-0.2, 0) is 4.79 Å². The summed E-state index contributed by atoms with van der Waals surface area (Å²) < 4.78 is 0. The number of benzene rings is 2. The minimum atomic E-state index is -0.0590. The molecule has 2 aromatic carbocycles. The summed E-state index contributed by atoms with van der Waals surface area (Å²) in [5.74, 6) is 0.0385. The second kappa shape index (κ2) is 7.51. The SMILES string of the molecule is C=CC(=O)N1CCN(c2ccc(-c3cc(O)ccc3Cl)c(C#N)c2)CC1. The van der Waals surface area contributed by atoms with Crippen LogP contribution in [0, 0.1) is 11.3 Å². The fraction of sp³-hybridized carbons (Fsp3) is 0.200. The van der Waals surface area contributed by atoms with Gasteiger partial charge in [-0.15, -0.1) is 0 Å². The number of carbonyl (C=O) groups is 1. The zero-order valence-corrected chi connectivity index (χ0v) is 14.9. The van der Waals surface area contributed by atoms with Crippen LogP contribution in [0.1, 0.15) is 5.56 Å². The van der Waals surface area contributed by atoms with E-state index in [0.717, 1.165) is 5.69 Å². The number of carbonyl (C=O) groups excluding carboxylic acids is 1. The molecule has 1 amide bonds. The standard InChI is InChI=1S/C20H18ClN3O2/c1-2-20(26)24-9-7-23(8-10-24)15-3-5-17(14(11-15)13-22)18-12-16(25)4-6-19(18)21/h2-6,11-12,25H,1,7-10H2. The summed E-state index contributed by atoms with van der Waals surface area (Å²) in [6, 6.07) is 12.5. The number of phenols is 1. The van der Waals surface area contributed by atoms with E-state index in [0.29, 0.717) is 47.9 Å². The van der Waals surface area contributed by atoms with Crippen LogP contribution in [0.15, 0.2) is 49.1 Å². The van der Waals surface area contributed by atoms with E-state index in [1.54, 1.807) is 17.0 Å². The van der Waals surface area contributed by atoms with Crippen LogP contribution in [-0.4, -0.2) is 42.1 Å². The monoisotopic (exact) mass is 367 g/mol. The highest BCUT2D eigenvalue weighted by molar-refractivity contribution is 6.33. The van der Waals surface area contributed by atoms with E-state index in [2.05, 4.69) is 17.5 Å². The Morgan fingerprint density at radius 3 is 2.54 bits per heavy atom. The molecule has 1 aliphatic heterocycles. The van der Waals surface area contributed by atoms with E-state index < -0.39 is 0 Å². The summed E-state index contributed by atoms with van der Waals surface area (Å²) in [6.45, 7) is 6.14. The molecule has 1 N–H and O–H groups in total. The summed E-state index contributed by atoms with van der Waals surface area (Å²) in [5.41, 5.74) is 2.71. The molecule has 0 radical (unpaired) electrons. The minimum Gasteiger partial charge on any atom is -0.508 e. The van der Waals surface area contributed by atoms with Crippen LogP contribution in [0.4, 0.5) is 5.69 Å². The van der Waals surface area contributed by atoms with Crippen LogP contribution >= 0.6 is 11.6 Å². The first-order valence-electron chi connectivity index (χ1n) is 8.23. The second-order valence-corrected chi connectivity index (χ2v) is 6.43. The van der Waals surface area contributed by atoms with Crippen molar-refractivity contribution in [3.8, 4) is 22.9 Å². The van der Waals surface area contributed by atoms with E-state index in [1.807, 2.05) is 18.2 Å². The predicted octanol–water partition coefficient (Wildman–Crippen LogP) is 3.42. The average Bonchev–Trinajstić information content (AvgIpc) is 2.69. The Bertz CT molecular complexity index is 896. The van der Waals surface area contributed by atoms with Crippen molar-refractivity contribution < 1.29 is 9.90 Å². The molecule has 1 saturated heterocycles. The Morgan fingerprint density at radius 1 is 1.15 bits per heavy atom. The second-order valence-electron chi connectivity index (χ2n) is 6.02. The minimum absolute atomic E-state index is 0.0590. The van der Waals surface area contributed by atoms with Gasteiger partial charge in [-0.25, -0.2) is 0 Å². The summed E-state index contributed by atoms with van der Waals surface area (Å²) in [4.78, 5) is 15.6. The van der Waals surface area contributed by atoms with Gasteiger partial charge in [0.15, 0.2) is 0 Å². The molecule has 5 nitrogen and oxygen atoms in total. The van der Waals surface area contributed by atoms with Crippen LogP contribution in [0.5, 0.6) is 5.75 Å². The van der Waals surface area contributed by atoms with E-state index in [-0.39, 0.29) is 11.7 Å². The molecule has 0 bridgehead atoms. The number of halogens is 1. The van der Waals surface area contributed by atoms with Gasteiger partial charge in [-0.1, -0.05) is 24.2 Å². The van der Waals surface area contributed by atoms with Crippen LogP contribution < -0.4 is 4.90 Å². The summed E-state index contributed by atoms with van der Waals surface area (Å²) >= 11 is 6.23. The summed E-state index contributed by atoms with van der Waals surface area (Å²) in [6.07, 6.45) is 1.33. The number of amides is 1. The molecule has 26 heavy (non-hydrogen) atoms. The van der Waals surface area contributed by atoms with Crippen molar-refractivity contribution in [3.05, 3.63) is 59.6 Å². The van der Waals surface area contributed by atoms with Gasteiger partial charge in [0.25, 0.3) is 0 Å². The van der Waals surface area contributed by atoms with Crippen molar-refractivity contribution >= 4 is 23.2 Å². The van der Waals surface area contributed by atoms with Crippen molar-refractivity contribution in [2.75, 3.05) is 31.1 Å². The van der Waals surface area contributed by atoms with Crippen molar-refractivity contribution in [1.29, 1.82) is 5.26 Å². The lowest BCUT2D eigenvalue weighted by molar-refractivity contribution is -0.126. The lowest BCUT2D eigenvalue weighted by Gasteiger charge is -2.35. The van der Waals surface area contributed by atoms with Gasteiger partial charge in [-0.3, -0.25) is 4.79 Å². The molecule has 1 fully saturated rings. The zero-order valence-electron chi connectivity index (χ0n) is 14.2. The van der Waals surface area contributed by atoms with Crippen LogP contribution in [0.25, 0.3) is 11.1 Å². The maximum Gasteiger partial charge on any atom is 0.246 e. The van der Waals surface area contributed by atoms with Gasteiger partial charge in [0, 0.05) is 48.0 Å². The van der Waals surface area contributed by atoms with Gasteiger partial charge >= 0.3 is 0 Å². The molecule has 0 aliphatic carbocycles.